The summed E-state index contributed by atoms with van der Waals surface area (Å²) in [6.45, 7) is 16.4. The van der Waals surface area contributed by atoms with Crippen molar-refractivity contribution in [2.75, 3.05) is 19.7 Å². The van der Waals surface area contributed by atoms with E-state index in [1.54, 1.807) is 20.8 Å². The first-order valence-electron chi connectivity index (χ1n) is 18.7. The lowest BCUT2D eigenvalue weighted by molar-refractivity contribution is -0.385. The van der Waals surface area contributed by atoms with E-state index in [1.165, 1.54) is 65.2 Å². The quantitative estimate of drug-likeness (QED) is 0.0265. The molecule has 308 valence electrons. The monoisotopic (exact) mass is 825 g/mol. The minimum atomic E-state index is -1.46. The van der Waals surface area contributed by atoms with Crippen molar-refractivity contribution in [1.82, 2.24) is 9.80 Å². The molecule has 4 atom stereocenters. The Morgan fingerprint density at radius 3 is 1.96 bits per heavy atom. The molecule has 0 spiro atoms. The number of amides is 2. The third kappa shape index (κ3) is 12.0. The molecular weight excluding hydrogens is 775 g/mol. The maximum atomic E-state index is 14.2. The van der Waals surface area contributed by atoms with Gasteiger partial charge in [-0.2, -0.15) is 4.99 Å². The van der Waals surface area contributed by atoms with Gasteiger partial charge in [-0.3, -0.25) is 29.8 Å². The fourth-order valence-electron chi connectivity index (χ4n) is 6.78. The molecule has 18 heteroatoms. The van der Waals surface area contributed by atoms with Crippen molar-refractivity contribution in [2.45, 2.75) is 92.0 Å². The fourth-order valence-corrected chi connectivity index (χ4v) is 8.49. The van der Waals surface area contributed by atoms with Crippen LogP contribution in [-0.4, -0.2) is 88.6 Å². The summed E-state index contributed by atoms with van der Waals surface area (Å²) in [5, 5.41) is 21.7. The van der Waals surface area contributed by atoms with Crippen molar-refractivity contribution in [2.24, 2.45) is 22.2 Å². The molecule has 2 aliphatic rings. The van der Waals surface area contributed by atoms with Crippen molar-refractivity contribution in [3.63, 3.8) is 0 Å². The number of β-lactam (4-membered cyclic amide) rings is 1. The van der Waals surface area contributed by atoms with Gasteiger partial charge in [0.05, 0.1) is 21.8 Å². The number of hydrogen-bond donors (Lipinski definition) is 0. The summed E-state index contributed by atoms with van der Waals surface area (Å²) in [7, 11) is -1.46. The molecule has 2 heterocycles. The van der Waals surface area contributed by atoms with Crippen LogP contribution in [-0.2, 0) is 41.5 Å². The summed E-state index contributed by atoms with van der Waals surface area (Å²) in [5.74, 6) is -1.43. The number of esters is 1. The van der Waals surface area contributed by atoms with Gasteiger partial charge in [-0.15, -0.1) is 0 Å². The molecular formula is C39H51N5O11SSi. The number of allylic oxidation sites excluding steroid dienone is 1. The highest BCUT2D eigenvalue weighted by Crippen LogP contribution is 2.46. The van der Waals surface area contributed by atoms with Crippen LogP contribution in [0, 0.1) is 37.5 Å². The number of nitro benzene ring substituents is 2. The van der Waals surface area contributed by atoms with E-state index in [1.807, 2.05) is 25.7 Å². The summed E-state index contributed by atoms with van der Waals surface area (Å²) >= 11 is 1.18. The molecule has 0 saturated carbocycles. The van der Waals surface area contributed by atoms with Crippen LogP contribution in [0.2, 0.25) is 13.1 Å². The Balaban J connectivity index is 1.45. The van der Waals surface area contributed by atoms with Gasteiger partial charge in [0.1, 0.15) is 24.7 Å². The van der Waals surface area contributed by atoms with Crippen LogP contribution in [0.5, 0.6) is 0 Å². The van der Waals surface area contributed by atoms with Gasteiger partial charge in [0, 0.05) is 55.6 Å². The molecule has 0 aliphatic carbocycles. The molecule has 16 nitrogen and oxygen atoms in total. The van der Waals surface area contributed by atoms with Gasteiger partial charge >= 0.3 is 12.1 Å². The van der Waals surface area contributed by atoms with Gasteiger partial charge in [0.25, 0.3) is 11.4 Å². The Kier molecular flexibility index (Phi) is 15.3. The highest BCUT2D eigenvalue weighted by atomic mass is 32.2. The molecule has 2 fully saturated rings. The zero-order chi connectivity index (χ0) is 42.2. The minimum Gasteiger partial charge on any atom is -0.456 e. The first-order valence-corrected chi connectivity index (χ1v) is 22.3. The number of likely N-dealkylation sites (tertiary alicyclic amines) is 2. The number of ether oxygens (including phenoxy) is 2. The normalized spacial score (nSPS) is 18.9. The second-order valence-corrected chi connectivity index (χ2v) is 19.5. The van der Waals surface area contributed by atoms with E-state index >= 15 is 0 Å². The van der Waals surface area contributed by atoms with E-state index in [-0.39, 0.29) is 64.3 Å². The van der Waals surface area contributed by atoms with E-state index in [2.05, 4.69) is 18.1 Å². The molecule has 4 rings (SSSR count). The molecule has 0 unspecified atom stereocenters. The lowest BCUT2D eigenvalue weighted by Gasteiger charge is -2.53. The van der Waals surface area contributed by atoms with Crippen LogP contribution < -0.4 is 0 Å². The molecule has 0 N–H and O–H groups in total. The number of carbonyl (C=O) groups excluding carboxylic acids is 4. The van der Waals surface area contributed by atoms with Crippen molar-refractivity contribution in [1.29, 1.82) is 0 Å². The van der Waals surface area contributed by atoms with Crippen molar-refractivity contribution < 1.29 is 42.9 Å². The van der Waals surface area contributed by atoms with E-state index in [9.17, 15) is 39.4 Å². The fraction of sp³-hybridized carbons (Fsp3) is 0.513. The van der Waals surface area contributed by atoms with Crippen LogP contribution >= 0.6 is 11.8 Å². The third-order valence-electron chi connectivity index (χ3n) is 9.89. The number of hydrogen-bond acceptors (Lipinski definition) is 12. The molecule has 2 amide bonds. The smallest absolute Gasteiger partial charge is 0.435 e. The van der Waals surface area contributed by atoms with Gasteiger partial charge in [-0.05, 0) is 92.6 Å². The minimum absolute atomic E-state index is 0.0162. The number of nitrogens with zero attached hydrogens (tertiary/aromatic N) is 5. The number of aliphatic imine (C=N–C) groups is 1. The van der Waals surface area contributed by atoms with Gasteiger partial charge in [0.15, 0.2) is 14.2 Å². The summed E-state index contributed by atoms with van der Waals surface area (Å²) in [4.78, 5) is 82.5. The second-order valence-electron chi connectivity index (χ2n) is 15.7. The number of thioether (sulfide) groups is 1. The molecule has 2 saturated heterocycles. The predicted octanol–water partition coefficient (Wildman–Crippen LogP) is 6.81. The molecule has 2 aliphatic heterocycles. The molecule has 2 aromatic carbocycles. The number of non-ortho nitro benzene ring substituents is 2. The molecule has 2 aromatic rings. The van der Waals surface area contributed by atoms with Gasteiger partial charge < -0.3 is 23.7 Å². The van der Waals surface area contributed by atoms with E-state index in [0.29, 0.717) is 48.7 Å². The number of rotatable bonds is 15. The number of amidine groups is 1. The van der Waals surface area contributed by atoms with E-state index in [0.717, 1.165) is 0 Å². The van der Waals surface area contributed by atoms with Gasteiger partial charge in [0.2, 0.25) is 5.91 Å². The average molecular weight is 826 g/mol. The summed E-state index contributed by atoms with van der Waals surface area (Å²) < 4.78 is 17.0. The predicted molar refractivity (Wildman–Crippen MR) is 217 cm³/mol. The number of nitro groups is 2. The number of carbonyl (C=O) groups is 4. The Bertz CT molecular complexity index is 1890. The maximum absolute atomic E-state index is 14.2. The standard InChI is InChI=1S/C39H51N5O11SSi/c1-24(2)35(37(47)53-21-26-9-13-28(14-10-26)43(49)50)42-32(34(36(42)46)31(39(4,5)6)23-55-57(7)8)19-33(45)56-30-17-18-41(20-30)25(3)40-38(48)54-22-27-11-15-29(16-12-27)44(51)52/h9-16,30-32,34,57H,17-23H2,1-8H3/t30-,31+,32+,34-/m0/s1. The van der Waals surface area contributed by atoms with Crippen LogP contribution in [0.3, 0.4) is 0 Å². The summed E-state index contributed by atoms with van der Waals surface area (Å²) in [5.41, 5.74) is 1.18. The van der Waals surface area contributed by atoms with Crippen molar-refractivity contribution in [3.8, 4) is 0 Å². The van der Waals surface area contributed by atoms with Gasteiger partial charge in [-0.25, -0.2) is 9.59 Å². The first-order chi connectivity index (χ1) is 26.8. The molecule has 0 aromatic heterocycles. The lowest BCUT2D eigenvalue weighted by atomic mass is 9.65. The summed E-state index contributed by atoms with van der Waals surface area (Å²) in [6, 6.07) is 10.7. The molecule has 0 radical (unpaired) electrons. The van der Waals surface area contributed by atoms with Crippen LogP contribution in [0.4, 0.5) is 16.2 Å². The van der Waals surface area contributed by atoms with Crippen molar-refractivity contribution >= 4 is 61.1 Å². The first kappa shape index (κ1) is 44.8. The van der Waals surface area contributed by atoms with Crippen molar-refractivity contribution in [3.05, 3.63) is 91.2 Å². The van der Waals surface area contributed by atoms with Gasteiger partial charge in [-0.1, -0.05) is 32.5 Å². The van der Waals surface area contributed by atoms with Crippen LogP contribution in [0.25, 0.3) is 0 Å². The maximum Gasteiger partial charge on any atom is 0.435 e. The Morgan fingerprint density at radius 1 is 0.930 bits per heavy atom. The Hall–Kier alpha value is -4.94. The van der Waals surface area contributed by atoms with E-state index in [4.69, 9.17) is 13.9 Å². The van der Waals surface area contributed by atoms with Crippen LogP contribution in [0.15, 0.2) is 64.8 Å². The highest BCUT2D eigenvalue weighted by molar-refractivity contribution is 8.14. The lowest BCUT2D eigenvalue weighted by Crippen LogP contribution is -2.66. The Labute approximate surface area is 338 Å². The third-order valence-corrected chi connectivity index (χ3v) is 11.9. The number of benzene rings is 2. The SMILES string of the molecule is CC(=NC(=O)OCc1ccc([N+](=O)[O-])cc1)N1CC[C@H](SC(=O)C[C@@H]2[C@H]([C@@H](CO[SiH](C)C)C(C)(C)C)C(=O)N2C(C(=O)OCc2ccc([N+](=O)[O-])cc2)=C(C)C)C1. The summed E-state index contributed by atoms with van der Waals surface area (Å²) in [6.07, 6.45) is -0.181. The topological polar surface area (TPSA) is 201 Å². The largest absolute Gasteiger partial charge is 0.456 e. The van der Waals surface area contributed by atoms with E-state index < -0.39 is 42.9 Å². The molecule has 57 heavy (non-hydrogen) atoms. The second kappa shape index (κ2) is 19.5. The zero-order valence-corrected chi connectivity index (χ0v) is 35.6. The zero-order valence-electron chi connectivity index (χ0n) is 33.6. The van der Waals surface area contributed by atoms with Crippen LogP contribution in [0.1, 0.15) is 65.5 Å². The average Bonchev–Trinajstić information content (AvgIpc) is 3.61. The highest BCUT2D eigenvalue weighted by Gasteiger charge is 2.56. The Morgan fingerprint density at radius 2 is 1.47 bits per heavy atom. The molecule has 0 bridgehead atoms.